The van der Waals surface area contributed by atoms with Gasteiger partial charge in [-0.1, -0.05) is 22.8 Å². The molecule has 108 valence electrons. The number of hydrogen-bond acceptors (Lipinski definition) is 5. The van der Waals surface area contributed by atoms with Crippen molar-refractivity contribution in [2.24, 2.45) is 0 Å². The molecule has 2 N–H and O–H groups in total. The van der Waals surface area contributed by atoms with Crippen LogP contribution in [0.2, 0.25) is 5.02 Å². The third kappa shape index (κ3) is 3.91. The highest BCUT2D eigenvalue weighted by Crippen LogP contribution is 2.24. The van der Waals surface area contributed by atoms with Gasteiger partial charge in [0.15, 0.2) is 5.82 Å². The van der Waals surface area contributed by atoms with E-state index in [4.69, 9.17) is 16.0 Å². The topological polar surface area (TPSA) is 63.0 Å². The number of rotatable bonds is 4. The molecule has 1 aromatic heterocycles. The smallest absolute Gasteiger partial charge is 0.320 e. The highest BCUT2D eigenvalue weighted by molar-refractivity contribution is 6.31. The minimum Gasteiger partial charge on any atom is -0.406 e. The molecule has 0 atom stereocenters. The number of anilines is 2. The number of aromatic nitrogens is 2. The molecule has 1 aromatic carbocycles. The summed E-state index contributed by atoms with van der Waals surface area (Å²) in [5.74, 6) is -0.133. The summed E-state index contributed by atoms with van der Waals surface area (Å²) in [5, 5.41) is 13.6. The molecule has 0 saturated heterocycles. The molecule has 0 aliphatic rings. The molecule has 0 bridgehead atoms. The lowest BCUT2D eigenvalue weighted by Gasteiger charge is -2.18. The highest BCUT2D eigenvalue weighted by Gasteiger charge is 2.13. The first-order valence-corrected chi connectivity index (χ1v) is 6.51. The molecule has 0 fully saturated rings. The van der Waals surface area contributed by atoms with Crippen molar-refractivity contribution in [2.75, 3.05) is 5.32 Å². The van der Waals surface area contributed by atoms with Crippen LogP contribution in [0.4, 0.5) is 16.1 Å². The van der Waals surface area contributed by atoms with Gasteiger partial charge in [-0.05, 0) is 32.9 Å². The fourth-order valence-corrected chi connectivity index (χ4v) is 1.61. The van der Waals surface area contributed by atoms with Crippen molar-refractivity contribution in [3.05, 3.63) is 34.9 Å². The van der Waals surface area contributed by atoms with Crippen molar-refractivity contribution in [3.8, 4) is 0 Å². The molecule has 20 heavy (non-hydrogen) atoms. The molecule has 0 saturated carbocycles. The van der Waals surface area contributed by atoms with Crippen LogP contribution in [0.1, 0.15) is 26.7 Å². The first kappa shape index (κ1) is 14.7. The average molecular weight is 299 g/mol. The van der Waals surface area contributed by atoms with Crippen LogP contribution in [0.25, 0.3) is 0 Å². The zero-order chi connectivity index (χ0) is 14.8. The molecule has 0 spiro atoms. The third-order valence-corrected chi connectivity index (χ3v) is 2.72. The number of hydrogen-bond donors (Lipinski definition) is 2. The Labute approximate surface area is 121 Å². The van der Waals surface area contributed by atoms with Gasteiger partial charge in [-0.15, -0.1) is 5.10 Å². The van der Waals surface area contributed by atoms with E-state index in [9.17, 15) is 4.39 Å². The molecule has 0 amide bonds. The summed E-state index contributed by atoms with van der Waals surface area (Å²) in [6, 6.07) is 4.76. The molecule has 0 radical (unpaired) electrons. The van der Waals surface area contributed by atoms with Crippen LogP contribution in [-0.2, 0) is 6.54 Å². The Bertz CT molecular complexity index is 594. The van der Waals surface area contributed by atoms with Crippen LogP contribution in [0.3, 0.4) is 0 Å². The van der Waals surface area contributed by atoms with E-state index in [0.29, 0.717) is 12.4 Å². The summed E-state index contributed by atoms with van der Waals surface area (Å²) in [7, 11) is 0. The van der Waals surface area contributed by atoms with Crippen LogP contribution in [0.5, 0.6) is 0 Å². The van der Waals surface area contributed by atoms with E-state index in [1.807, 2.05) is 20.8 Å². The highest BCUT2D eigenvalue weighted by atomic mass is 35.5. The molecule has 5 nitrogen and oxygen atoms in total. The van der Waals surface area contributed by atoms with Gasteiger partial charge in [-0.3, -0.25) is 0 Å². The standard InChI is InChI=1S/C13H16ClFN4O/c1-13(2,3)16-7-10-18-19-12(20-10)17-9-6-4-5-8(14)11(9)15/h4-6,16H,7H2,1-3H3,(H,17,19). The zero-order valence-corrected chi connectivity index (χ0v) is 12.3. The number of halogens is 2. The predicted octanol–water partition coefficient (Wildman–Crippen LogP) is 3.49. The van der Waals surface area contributed by atoms with Gasteiger partial charge in [0.05, 0.1) is 17.3 Å². The SMILES string of the molecule is CC(C)(C)NCc1nnc(Nc2cccc(Cl)c2F)o1. The van der Waals surface area contributed by atoms with Gasteiger partial charge < -0.3 is 15.1 Å². The second kappa shape index (κ2) is 5.76. The van der Waals surface area contributed by atoms with Crippen LogP contribution in [-0.4, -0.2) is 15.7 Å². The van der Waals surface area contributed by atoms with E-state index in [1.165, 1.54) is 6.07 Å². The van der Waals surface area contributed by atoms with Gasteiger partial charge in [0.2, 0.25) is 5.89 Å². The molecule has 2 aromatic rings. The second-order valence-electron chi connectivity index (χ2n) is 5.33. The van der Waals surface area contributed by atoms with Crippen molar-refractivity contribution in [2.45, 2.75) is 32.9 Å². The van der Waals surface area contributed by atoms with Crippen LogP contribution in [0.15, 0.2) is 22.6 Å². The number of benzene rings is 1. The summed E-state index contributed by atoms with van der Waals surface area (Å²) >= 11 is 5.69. The first-order valence-electron chi connectivity index (χ1n) is 6.13. The maximum Gasteiger partial charge on any atom is 0.320 e. The summed E-state index contributed by atoms with van der Waals surface area (Å²) in [5.41, 5.74) is 0.137. The second-order valence-corrected chi connectivity index (χ2v) is 5.74. The first-order chi connectivity index (χ1) is 9.35. The van der Waals surface area contributed by atoms with Gasteiger partial charge in [-0.2, -0.15) is 0 Å². The quantitative estimate of drug-likeness (QED) is 0.904. The van der Waals surface area contributed by atoms with E-state index >= 15 is 0 Å². The average Bonchev–Trinajstić information content (AvgIpc) is 2.80. The summed E-state index contributed by atoms with van der Waals surface area (Å²) in [6.07, 6.45) is 0. The summed E-state index contributed by atoms with van der Waals surface area (Å²) in [4.78, 5) is 0. The lowest BCUT2D eigenvalue weighted by atomic mass is 10.1. The lowest BCUT2D eigenvalue weighted by molar-refractivity contribution is 0.384. The van der Waals surface area contributed by atoms with Gasteiger partial charge in [0.25, 0.3) is 0 Å². The summed E-state index contributed by atoms with van der Waals surface area (Å²) in [6.45, 7) is 6.54. The Hall–Kier alpha value is -1.66. The minimum atomic E-state index is -0.554. The Kier molecular flexibility index (Phi) is 4.25. The van der Waals surface area contributed by atoms with Gasteiger partial charge in [-0.25, -0.2) is 4.39 Å². The Balaban J connectivity index is 2.04. The number of nitrogens with zero attached hydrogens (tertiary/aromatic N) is 2. The van der Waals surface area contributed by atoms with E-state index in [1.54, 1.807) is 12.1 Å². The Morgan fingerprint density at radius 2 is 2.05 bits per heavy atom. The largest absolute Gasteiger partial charge is 0.406 e. The van der Waals surface area contributed by atoms with Gasteiger partial charge in [0, 0.05) is 5.54 Å². The fraction of sp³-hybridized carbons (Fsp3) is 0.385. The fourth-order valence-electron chi connectivity index (χ4n) is 1.43. The lowest BCUT2D eigenvalue weighted by Crippen LogP contribution is -2.35. The molecule has 0 aliphatic heterocycles. The van der Waals surface area contributed by atoms with E-state index in [-0.39, 0.29) is 22.3 Å². The van der Waals surface area contributed by atoms with Crippen molar-refractivity contribution in [1.29, 1.82) is 0 Å². The van der Waals surface area contributed by atoms with E-state index < -0.39 is 5.82 Å². The van der Waals surface area contributed by atoms with Crippen molar-refractivity contribution >= 4 is 23.3 Å². The normalized spacial score (nSPS) is 11.7. The molecule has 1 heterocycles. The van der Waals surface area contributed by atoms with Crippen LogP contribution in [0, 0.1) is 5.82 Å². The number of nitrogens with one attached hydrogen (secondary N) is 2. The van der Waals surface area contributed by atoms with Crippen molar-refractivity contribution in [1.82, 2.24) is 15.5 Å². The molecular weight excluding hydrogens is 283 g/mol. The van der Waals surface area contributed by atoms with Gasteiger partial charge in [0.1, 0.15) is 0 Å². The van der Waals surface area contributed by atoms with E-state index in [0.717, 1.165) is 0 Å². The predicted molar refractivity (Wildman–Crippen MR) is 75.6 cm³/mol. The Morgan fingerprint density at radius 1 is 1.30 bits per heavy atom. The molecule has 0 aliphatic carbocycles. The Morgan fingerprint density at radius 3 is 2.75 bits per heavy atom. The minimum absolute atomic E-state index is 0.0316. The van der Waals surface area contributed by atoms with E-state index in [2.05, 4.69) is 20.8 Å². The molecular formula is C13H16ClFN4O. The van der Waals surface area contributed by atoms with Crippen LogP contribution < -0.4 is 10.6 Å². The maximum atomic E-state index is 13.7. The molecule has 7 heteroatoms. The maximum absolute atomic E-state index is 13.7. The zero-order valence-electron chi connectivity index (χ0n) is 11.5. The molecule has 2 rings (SSSR count). The summed E-state index contributed by atoms with van der Waals surface area (Å²) < 4.78 is 19.1. The van der Waals surface area contributed by atoms with Gasteiger partial charge >= 0.3 is 6.01 Å². The third-order valence-electron chi connectivity index (χ3n) is 2.43. The monoisotopic (exact) mass is 298 g/mol. The van der Waals surface area contributed by atoms with Crippen LogP contribution >= 0.6 is 11.6 Å². The van der Waals surface area contributed by atoms with Crippen molar-refractivity contribution < 1.29 is 8.81 Å². The van der Waals surface area contributed by atoms with Crippen molar-refractivity contribution in [3.63, 3.8) is 0 Å². The molecule has 0 unspecified atom stereocenters.